The number of nitrogens with one attached hydrogen (secondary N) is 1. The molecule has 0 bridgehead atoms. The third-order valence-corrected chi connectivity index (χ3v) is 7.16. The normalized spacial score (nSPS) is 18.2. The Morgan fingerprint density at radius 2 is 1.53 bits per heavy atom. The van der Waals surface area contributed by atoms with Gasteiger partial charge in [-0.05, 0) is 64.8 Å². The maximum absolute atomic E-state index is 13.4. The Labute approximate surface area is 210 Å². The molecule has 1 saturated heterocycles. The molecule has 36 heavy (non-hydrogen) atoms. The highest BCUT2D eigenvalue weighted by Crippen LogP contribution is 2.41. The molecule has 0 aromatic heterocycles. The number of carbonyl (C=O) groups excluding carboxylic acids is 1. The van der Waals surface area contributed by atoms with E-state index in [1.54, 1.807) is 38.4 Å². The summed E-state index contributed by atoms with van der Waals surface area (Å²) in [4.78, 5) is 14.9. The van der Waals surface area contributed by atoms with Crippen LogP contribution in [0.3, 0.4) is 0 Å². The molecule has 0 spiro atoms. The van der Waals surface area contributed by atoms with Crippen LogP contribution >= 0.6 is 12.2 Å². The van der Waals surface area contributed by atoms with Gasteiger partial charge in [-0.2, -0.15) is 21.6 Å². The third-order valence-electron chi connectivity index (χ3n) is 5.80. The van der Waals surface area contributed by atoms with E-state index in [0.717, 1.165) is 23.3 Å². The molecule has 3 aromatic rings. The van der Waals surface area contributed by atoms with Gasteiger partial charge in [0.05, 0.1) is 7.11 Å². The quantitative estimate of drug-likeness (QED) is 0.288. The Morgan fingerprint density at radius 3 is 2.08 bits per heavy atom. The van der Waals surface area contributed by atoms with Crippen molar-refractivity contribution in [1.82, 2.24) is 10.2 Å². The summed E-state index contributed by atoms with van der Waals surface area (Å²) in [5.41, 5.74) is -4.59. The Hall–Kier alpha value is -3.64. The zero-order valence-corrected chi connectivity index (χ0v) is 20.5. The maximum Gasteiger partial charge on any atom is 0.534 e. The molecule has 7 nitrogen and oxygen atoms in total. The molecule has 1 unspecified atom stereocenters. The lowest BCUT2D eigenvalue weighted by molar-refractivity contribution is -0.124. The van der Waals surface area contributed by atoms with Gasteiger partial charge in [-0.3, -0.25) is 4.79 Å². The molecule has 0 saturated carbocycles. The minimum absolute atomic E-state index is 0.145. The number of benzene rings is 3. The highest BCUT2D eigenvalue weighted by atomic mass is 32.2. The highest BCUT2D eigenvalue weighted by Gasteiger charge is 2.52. The predicted octanol–water partition coefficient (Wildman–Crippen LogP) is 4.18. The van der Waals surface area contributed by atoms with Gasteiger partial charge in [0.1, 0.15) is 11.5 Å². The number of methoxy groups -OCH3 is 1. The lowest BCUT2D eigenvalue weighted by atomic mass is 9.80. The fourth-order valence-corrected chi connectivity index (χ4v) is 4.73. The molecular formula is C24H19F3N2O5S2. The van der Waals surface area contributed by atoms with E-state index >= 15 is 0 Å². The molecule has 4 rings (SSSR count). The molecular weight excluding hydrogens is 517 g/mol. The summed E-state index contributed by atoms with van der Waals surface area (Å²) in [6.45, 7) is 0. The molecule has 1 N–H and O–H groups in total. The topological polar surface area (TPSA) is 84.9 Å². The summed E-state index contributed by atoms with van der Waals surface area (Å²) < 4.78 is 70.3. The van der Waals surface area contributed by atoms with Gasteiger partial charge in [0, 0.05) is 7.05 Å². The summed E-state index contributed by atoms with van der Waals surface area (Å²) in [6.07, 6.45) is 0. The van der Waals surface area contributed by atoms with Gasteiger partial charge in [0.15, 0.2) is 10.7 Å². The van der Waals surface area contributed by atoms with Crippen LogP contribution in [0, 0.1) is 0 Å². The Morgan fingerprint density at radius 1 is 0.917 bits per heavy atom. The van der Waals surface area contributed by atoms with Gasteiger partial charge in [0.25, 0.3) is 5.91 Å². The maximum atomic E-state index is 13.4. The van der Waals surface area contributed by atoms with E-state index in [-0.39, 0.29) is 5.11 Å². The number of hydrogen-bond acceptors (Lipinski definition) is 6. The van der Waals surface area contributed by atoms with E-state index in [9.17, 15) is 26.4 Å². The molecule has 1 fully saturated rings. The highest BCUT2D eigenvalue weighted by molar-refractivity contribution is 7.88. The lowest BCUT2D eigenvalue weighted by Crippen LogP contribution is -2.45. The van der Waals surface area contributed by atoms with Crippen LogP contribution in [0.5, 0.6) is 11.5 Å². The zero-order valence-electron chi connectivity index (χ0n) is 18.9. The van der Waals surface area contributed by atoms with Crippen LogP contribution in [0.4, 0.5) is 13.2 Å². The first-order valence-corrected chi connectivity index (χ1v) is 12.2. The third kappa shape index (κ3) is 4.26. The van der Waals surface area contributed by atoms with Crippen molar-refractivity contribution in [2.24, 2.45) is 0 Å². The smallest absolute Gasteiger partial charge is 0.497 e. The first kappa shape index (κ1) is 25.5. The second-order valence-electron chi connectivity index (χ2n) is 7.85. The lowest BCUT2D eigenvalue weighted by Gasteiger charge is -2.35. The van der Waals surface area contributed by atoms with E-state index in [1.165, 1.54) is 17.0 Å². The van der Waals surface area contributed by atoms with E-state index in [4.69, 9.17) is 17.0 Å². The average molecular weight is 537 g/mol. The Bertz CT molecular complexity index is 1440. The fraction of sp³-hybridized carbons (Fsp3) is 0.167. The number of halogens is 3. The fourth-order valence-electron chi connectivity index (χ4n) is 4.04. The van der Waals surface area contributed by atoms with Crippen molar-refractivity contribution in [1.29, 1.82) is 0 Å². The number of amides is 1. The van der Waals surface area contributed by atoms with Crippen LogP contribution in [0.25, 0.3) is 11.1 Å². The van der Waals surface area contributed by atoms with Crippen molar-refractivity contribution in [2.75, 3.05) is 14.2 Å². The van der Waals surface area contributed by atoms with Gasteiger partial charge in [-0.1, -0.05) is 42.5 Å². The van der Waals surface area contributed by atoms with Gasteiger partial charge in [0.2, 0.25) is 0 Å². The molecule has 1 atom stereocenters. The molecule has 1 aliphatic heterocycles. The molecule has 188 valence electrons. The summed E-state index contributed by atoms with van der Waals surface area (Å²) in [5.74, 6) is -0.386. The average Bonchev–Trinajstić information content (AvgIpc) is 3.07. The van der Waals surface area contributed by atoms with Gasteiger partial charge >= 0.3 is 15.6 Å². The first-order valence-electron chi connectivity index (χ1n) is 10.4. The SMILES string of the molecule is COc1cccc(-c2cccc(C3(c4ccc(OS(=O)(=O)C(F)(F)F)cc4)C(=O)NC(=S)N3C)c2)c1. The molecule has 0 aliphatic carbocycles. The molecule has 0 radical (unpaired) electrons. The van der Waals surface area contributed by atoms with Gasteiger partial charge in [-0.25, -0.2) is 0 Å². The van der Waals surface area contributed by atoms with Crippen molar-refractivity contribution >= 4 is 33.4 Å². The van der Waals surface area contributed by atoms with E-state index in [0.29, 0.717) is 16.9 Å². The molecule has 1 heterocycles. The molecule has 12 heteroatoms. The number of thiocarbonyl (C=S) groups is 1. The summed E-state index contributed by atoms with van der Waals surface area (Å²) in [5, 5.41) is 2.77. The predicted molar refractivity (Wildman–Crippen MR) is 130 cm³/mol. The second-order valence-corrected chi connectivity index (χ2v) is 9.77. The summed E-state index contributed by atoms with van der Waals surface area (Å²) in [7, 11) is -2.68. The summed E-state index contributed by atoms with van der Waals surface area (Å²) in [6, 6.07) is 19.2. The van der Waals surface area contributed by atoms with Crippen molar-refractivity contribution < 1.29 is 35.3 Å². The number of alkyl halides is 3. The van der Waals surface area contributed by atoms with Crippen LogP contribution in [0.15, 0.2) is 72.8 Å². The summed E-state index contributed by atoms with van der Waals surface area (Å²) >= 11 is 5.31. The number of nitrogens with zero attached hydrogens (tertiary/aromatic N) is 1. The van der Waals surface area contributed by atoms with E-state index in [2.05, 4.69) is 9.50 Å². The van der Waals surface area contributed by atoms with Crippen molar-refractivity contribution in [3.63, 3.8) is 0 Å². The van der Waals surface area contributed by atoms with Crippen LogP contribution < -0.4 is 14.2 Å². The number of ether oxygens (including phenoxy) is 1. The number of rotatable bonds is 6. The van der Waals surface area contributed by atoms with E-state index in [1.807, 2.05) is 24.3 Å². The van der Waals surface area contributed by atoms with E-state index < -0.39 is 32.8 Å². The van der Waals surface area contributed by atoms with Crippen LogP contribution in [-0.4, -0.2) is 44.0 Å². The standard InChI is InChI=1S/C24H19F3N2O5S2/c1-29-22(35)28-21(30)23(29,17-9-11-19(12-10-17)34-36(31,32)24(25,26)27)18-7-3-5-15(13-18)16-6-4-8-20(14-16)33-2/h3-14H,1-2H3,(H,28,30,35). The van der Waals surface area contributed by atoms with Crippen LogP contribution in [-0.2, 0) is 20.5 Å². The van der Waals surface area contributed by atoms with Crippen LogP contribution in [0.1, 0.15) is 11.1 Å². The Balaban J connectivity index is 1.82. The number of carbonyl (C=O) groups is 1. The van der Waals surface area contributed by atoms with Gasteiger partial charge in [-0.15, -0.1) is 0 Å². The van der Waals surface area contributed by atoms with Gasteiger partial charge < -0.3 is 19.1 Å². The zero-order chi connectivity index (χ0) is 26.3. The van der Waals surface area contributed by atoms with Crippen molar-refractivity contribution in [3.8, 4) is 22.6 Å². The monoisotopic (exact) mass is 536 g/mol. The molecule has 1 aliphatic rings. The molecule has 1 amide bonds. The minimum atomic E-state index is -5.84. The number of likely N-dealkylation sites (N-methyl/N-ethyl adjacent to an activating group) is 1. The largest absolute Gasteiger partial charge is 0.534 e. The minimum Gasteiger partial charge on any atom is -0.497 e. The molecule has 3 aromatic carbocycles. The second kappa shape index (κ2) is 9.10. The first-order chi connectivity index (χ1) is 16.9. The number of hydrogen-bond donors (Lipinski definition) is 1. The van der Waals surface area contributed by atoms with Crippen molar-refractivity contribution in [3.05, 3.63) is 83.9 Å². The Kier molecular flexibility index (Phi) is 6.43. The van der Waals surface area contributed by atoms with Crippen molar-refractivity contribution in [2.45, 2.75) is 11.0 Å². The van der Waals surface area contributed by atoms with Crippen LogP contribution in [0.2, 0.25) is 0 Å².